The van der Waals surface area contributed by atoms with Gasteiger partial charge in [0.05, 0.1) is 18.7 Å². The summed E-state index contributed by atoms with van der Waals surface area (Å²) in [7, 11) is 1.59. The predicted molar refractivity (Wildman–Crippen MR) is 71.5 cm³/mol. The number of nitrogens with one attached hydrogen (secondary N) is 1. The van der Waals surface area contributed by atoms with Crippen molar-refractivity contribution >= 4 is 27.8 Å². The van der Waals surface area contributed by atoms with E-state index >= 15 is 0 Å². The highest BCUT2D eigenvalue weighted by molar-refractivity contribution is 6.11. The van der Waals surface area contributed by atoms with Gasteiger partial charge in [0.15, 0.2) is 0 Å². The van der Waals surface area contributed by atoms with Crippen LogP contribution in [0.4, 0.5) is 0 Å². The Morgan fingerprint density at radius 3 is 2.84 bits per heavy atom. The Morgan fingerprint density at radius 2 is 2.11 bits per heavy atom. The maximum Gasteiger partial charge on any atom is 0.309 e. The molecule has 1 N–H and O–H groups in total. The van der Waals surface area contributed by atoms with Crippen LogP contribution >= 0.6 is 0 Å². The second kappa shape index (κ2) is 4.28. The van der Waals surface area contributed by atoms with Crippen LogP contribution in [0.2, 0.25) is 0 Å². The van der Waals surface area contributed by atoms with E-state index in [1.165, 1.54) is 6.92 Å². The van der Waals surface area contributed by atoms with Crippen LogP contribution in [0, 0.1) is 0 Å². The molecule has 5 heteroatoms. The molecule has 0 bridgehead atoms. The van der Waals surface area contributed by atoms with Gasteiger partial charge in [0.2, 0.25) is 5.88 Å². The topological polar surface area (TPSA) is 64.2 Å². The Hall–Kier alpha value is -2.56. The molecule has 0 amide bonds. The number of carbonyl (C=O) groups is 1. The van der Waals surface area contributed by atoms with Gasteiger partial charge in [0, 0.05) is 17.8 Å². The molecule has 0 spiro atoms. The molecule has 0 saturated carbocycles. The highest BCUT2D eigenvalue weighted by atomic mass is 16.5. The fourth-order valence-corrected chi connectivity index (χ4v) is 2.17. The van der Waals surface area contributed by atoms with Crippen molar-refractivity contribution in [1.29, 1.82) is 0 Å². The third-order valence-electron chi connectivity index (χ3n) is 2.93. The summed E-state index contributed by atoms with van der Waals surface area (Å²) >= 11 is 0. The number of methoxy groups -OCH3 is 1. The molecular formula is C14H12N2O3. The highest BCUT2D eigenvalue weighted by Crippen LogP contribution is 2.36. The van der Waals surface area contributed by atoms with Crippen molar-refractivity contribution in [2.75, 3.05) is 7.11 Å². The first-order chi connectivity index (χ1) is 9.20. The molecule has 19 heavy (non-hydrogen) atoms. The molecule has 1 aromatic carbocycles. The van der Waals surface area contributed by atoms with Gasteiger partial charge in [-0.05, 0) is 6.07 Å². The molecule has 2 heterocycles. The fourth-order valence-electron chi connectivity index (χ4n) is 2.17. The Labute approximate surface area is 109 Å². The van der Waals surface area contributed by atoms with E-state index in [1.807, 2.05) is 24.3 Å². The van der Waals surface area contributed by atoms with Crippen LogP contribution in [0.5, 0.6) is 11.6 Å². The van der Waals surface area contributed by atoms with Crippen molar-refractivity contribution in [2.24, 2.45) is 0 Å². The number of aromatic amines is 1. The Bertz CT molecular complexity index is 777. The van der Waals surface area contributed by atoms with Crippen LogP contribution < -0.4 is 9.47 Å². The van der Waals surface area contributed by atoms with Crippen LogP contribution in [0.1, 0.15) is 6.92 Å². The van der Waals surface area contributed by atoms with E-state index in [1.54, 1.807) is 13.3 Å². The number of ether oxygens (including phenoxy) is 2. The summed E-state index contributed by atoms with van der Waals surface area (Å²) in [5.41, 5.74) is 1.60. The lowest BCUT2D eigenvalue weighted by atomic mass is 10.2. The van der Waals surface area contributed by atoms with E-state index in [2.05, 4.69) is 9.97 Å². The van der Waals surface area contributed by atoms with Crippen molar-refractivity contribution in [3.05, 3.63) is 30.5 Å². The van der Waals surface area contributed by atoms with Gasteiger partial charge in [-0.2, -0.15) is 0 Å². The second-order valence-electron chi connectivity index (χ2n) is 4.15. The molecule has 0 aliphatic carbocycles. The minimum absolute atomic E-state index is 0.263. The Kier molecular flexibility index (Phi) is 2.59. The van der Waals surface area contributed by atoms with Crippen molar-refractivity contribution in [3.63, 3.8) is 0 Å². The molecule has 0 fully saturated rings. The molecule has 2 aromatic heterocycles. The summed E-state index contributed by atoms with van der Waals surface area (Å²) in [4.78, 5) is 18.4. The van der Waals surface area contributed by atoms with Crippen LogP contribution in [-0.4, -0.2) is 23.0 Å². The largest absolute Gasteiger partial charge is 0.494 e. The average Bonchev–Trinajstić information content (AvgIpc) is 2.79. The molecule has 0 radical (unpaired) electrons. The van der Waals surface area contributed by atoms with Gasteiger partial charge in [-0.15, -0.1) is 0 Å². The molecule has 96 valence electrons. The van der Waals surface area contributed by atoms with Gasteiger partial charge >= 0.3 is 5.97 Å². The molecule has 3 aromatic rings. The lowest BCUT2D eigenvalue weighted by Crippen LogP contribution is -2.03. The van der Waals surface area contributed by atoms with Gasteiger partial charge in [0.1, 0.15) is 11.3 Å². The predicted octanol–water partition coefficient (Wildman–Crippen LogP) is 2.65. The smallest absolute Gasteiger partial charge is 0.309 e. The van der Waals surface area contributed by atoms with E-state index in [4.69, 9.17) is 9.47 Å². The minimum Gasteiger partial charge on any atom is -0.494 e. The SMILES string of the molecule is COc1cnc(OC(C)=O)c2[nH]c3ccccc3c12. The third-order valence-corrected chi connectivity index (χ3v) is 2.93. The molecule has 0 saturated heterocycles. The molecule has 5 nitrogen and oxygen atoms in total. The zero-order valence-corrected chi connectivity index (χ0v) is 10.6. The summed E-state index contributed by atoms with van der Waals surface area (Å²) in [6.07, 6.45) is 1.56. The number of H-pyrrole nitrogens is 1. The number of fused-ring (bicyclic) bond motifs is 3. The van der Waals surface area contributed by atoms with Crippen LogP contribution in [0.15, 0.2) is 30.5 Å². The summed E-state index contributed by atoms with van der Waals surface area (Å²) in [6.45, 7) is 1.35. The van der Waals surface area contributed by atoms with Crippen molar-refractivity contribution in [3.8, 4) is 11.6 Å². The number of carbonyl (C=O) groups excluding carboxylic acids is 1. The third kappa shape index (κ3) is 1.79. The Balaban J connectivity index is 2.40. The number of pyridine rings is 1. The number of rotatable bonds is 2. The number of para-hydroxylation sites is 1. The Morgan fingerprint density at radius 1 is 1.32 bits per heavy atom. The first-order valence-corrected chi connectivity index (χ1v) is 5.82. The number of aromatic nitrogens is 2. The lowest BCUT2D eigenvalue weighted by molar-refractivity contribution is -0.132. The zero-order chi connectivity index (χ0) is 13.4. The fraction of sp³-hybridized carbons (Fsp3) is 0.143. The summed E-state index contributed by atoms with van der Waals surface area (Å²) < 4.78 is 10.5. The molecular weight excluding hydrogens is 244 g/mol. The highest BCUT2D eigenvalue weighted by Gasteiger charge is 2.15. The van der Waals surface area contributed by atoms with E-state index in [-0.39, 0.29) is 5.88 Å². The van der Waals surface area contributed by atoms with Crippen LogP contribution in [0.25, 0.3) is 21.8 Å². The summed E-state index contributed by atoms with van der Waals surface area (Å²) in [5.74, 6) is 0.500. The molecule has 0 atom stereocenters. The van der Waals surface area contributed by atoms with Gasteiger partial charge in [-0.3, -0.25) is 4.79 Å². The zero-order valence-electron chi connectivity index (χ0n) is 10.6. The second-order valence-corrected chi connectivity index (χ2v) is 4.15. The first-order valence-electron chi connectivity index (χ1n) is 5.82. The number of hydrogen-bond donors (Lipinski definition) is 1. The van der Waals surface area contributed by atoms with Gasteiger partial charge in [-0.25, -0.2) is 4.98 Å². The maximum atomic E-state index is 11.1. The number of benzene rings is 1. The van der Waals surface area contributed by atoms with Crippen molar-refractivity contribution in [2.45, 2.75) is 6.92 Å². The van der Waals surface area contributed by atoms with E-state index in [9.17, 15) is 4.79 Å². The summed E-state index contributed by atoms with van der Waals surface area (Å²) in [6, 6.07) is 7.81. The van der Waals surface area contributed by atoms with Crippen molar-refractivity contribution < 1.29 is 14.3 Å². The lowest BCUT2D eigenvalue weighted by Gasteiger charge is -2.05. The molecule has 3 rings (SSSR count). The van der Waals surface area contributed by atoms with Gasteiger partial charge in [0.25, 0.3) is 0 Å². The molecule has 0 unspecified atom stereocenters. The van der Waals surface area contributed by atoms with E-state index in [0.717, 1.165) is 16.3 Å². The summed E-state index contributed by atoms with van der Waals surface area (Å²) in [5, 5.41) is 1.87. The standard InChI is InChI=1S/C14H12N2O3/c1-8(17)19-14-13-12(11(18-2)7-15-14)9-5-3-4-6-10(9)16-13/h3-7,16H,1-2H3. The normalized spacial score (nSPS) is 10.8. The number of nitrogens with zero attached hydrogens (tertiary/aromatic N) is 1. The van der Waals surface area contributed by atoms with E-state index in [0.29, 0.717) is 11.3 Å². The first kappa shape index (κ1) is 11.5. The van der Waals surface area contributed by atoms with E-state index < -0.39 is 5.97 Å². The minimum atomic E-state index is -0.405. The van der Waals surface area contributed by atoms with Crippen LogP contribution in [-0.2, 0) is 4.79 Å². The van der Waals surface area contributed by atoms with Gasteiger partial charge in [-0.1, -0.05) is 18.2 Å². The monoisotopic (exact) mass is 256 g/mol. The molecule has 0 aliphatic heterocycles. The maximum absolute atomic E-state index is 11.1. The average molecular weight is 256 g/mol. The van der Waals surface area contributed by atoms with Gasteiger partial charge < -0.3 is 14.5 Å². The number of hydrogen-bond acceptors (Lipinski definition) is 4. The van der Waals surface area contributed by atoms with Crippen LogP contribution in [0.3, 0.4) is 0 Å². The quantitative estimate of drug-likeness (QED) is 0.716. The molecule has 0 aliphatic rings. The van der Waals surface area contributed by atoms with Crippen molar-refractivity contribution in [1.82, 2.24) is 9.97 Å². The number of esters is 1.